The van der Waals surface area contributed by atoms with Crippen LogP contribution in [0.1, 0.15) is 49.7 Å². The zero-order valence-corrected chi connectivity index (χ0v) is 19.3. The van der Waals surface area contributed by atoms with Gasteiger partial charge < -0.3 is 15.1 Å². The van der Waals surface area contributed by atoms with Crippen molar-refractivity contribution in [3.8, 4) is 6.07 Å². The fourth-order valence-corrected chi connectivity index (χ4v) is 5.89. The number of anilines is 1. The lowest BCUT2D eigenvalue weighted by molar-refractivity contribution is 0.141. The number of amides is 2. The molecule has 3 atom stereocenters. The Balaban J connectivity index is 1.28. The van der Waals surface area contributed by atoms with Gasteiger partial charge in [0.25, 0.3) is 0 Å². The average Bonchev–Trinajstić information content (AvgIpc) is 3.52. The van der Waals surface area contributed by atoms with Crippen LogP contribution in [0.4, 0.5) is 19.3 Å². The predicted octanol–water partition coefficient (Wildman–Crippen LogP) is 5.28. The maximum absolute atomic E-state index is 13.7. The molecule has 3 aliphatic rings. The van der Waals surface area contributed by atoms with Gasteiger partial charge in [0.1, 0.15) is 11.6 Å². The third-order valence-electron chi connectivity index (χ3n) is 7.92. The Morgan fingerprint density at radius 2 is 2.00 bits per heavy atom. The summed E-state index contributed by atoms with van der Waals surface area (Å²) >= 11 is 0. The van der Waals surface area contributed by atoms with Gasteiger partial charge in [-0.1, -0.05) is 12.1 Å². The minimum atomic E-state index is -0.709. The molecule has 2 saturated carbocycles. The van der Waals surface area contributed by atoms with Crippen LogP contribution in [0, 0.1) is 28.9 Å². The molecule has 1 N–H and O–H groups in total. The molecule has 0 radical (unpaired) electrons. The van der Waals surface area contributed by atoms with Crippen molar-refractivity contribution < 1.29 is 13.6 Å². The highest BCUT2D eigenvalue weighted by molar-refractivity contribution is 5.89. The Hall–Kier alpha value is -2.98. The molecule has 178 valence electrons. The highest BCUT2D eigenvalue weighted by Crippen LogP contribution is 2.62. The number of rotatable bonds is 7. The molecular weight excluding hydrogens is 434 g/mol. The molecule has 7 heteroatoms. The van der Waals surface area contributed by atoms with E-state index in [1.165, 1.54) is 12.0 Å². The fraction of sp³-hybridized carbons (Fsp3) is 0.481. The highest BCUT2D eigenvalue weighted by atomic mass is 19.1. The predicted molar refractivity (Wildman–Crippen MR) is 126 cm³/mol. The van der Waals surface area contributed by atoms with Gasteiger partial charge in [-0.05, 0) is 99.3 Å². The summed E-state index contributed by atoms with van der Waals surface area (Å²) < 4.78 is 27.3. The van der Waals surface area contributed by atoms with Crippen molar-refractivity contribution in [2.45, 2.75) is 50.0 Å². The summed E-state index contributed by atoms with van der Waals surface area (Å²) in [6, 6.07) is 13.1. The van der Waals surface area contributed by atoms with E-state index in [0.717, 1.165) is 69.9 Å². The number of urea groups is 1. The summed E-state index contributed by atoms with van der Waals surface area (Å²) in [7, 11) is 0. The quantitative estimate of drug-likeness (QED) is 0.607. The van der Waals surface area contributed by atoms with Crippen LogP contribution in [0.3, 0.4) is 0 Å². The van der Waals surface area contributed by atoms with Crippen molar-refractivity contribution in [1.82, 2.24) is 9.80 Å². The standard InChI is InChI=1S/C27H30F2N4O/c28-22-14-23(29)16-24(15-22)31-26(34)33(11-3-10-32-8-2-9-32)25-6-7-27(17-21(27)13-25)20-5-1-4-19(12-20)18-30/h1,4-5,12,14-16,21,25H,2-3,6-11,13,17H2,(H,31,34)/t21?,25-,27-/m1/s1. The second-order valence-electron chi connectivity index (χ2n) is 10.0. The minimum absolute atomic E-state index is 0.0922. The lowest BCUT2D eigenvalue weighted by Gasteiger charge is -2.38. The first-order valence-corrected chi connectivity index (χ1v) is 12.2. The molecule has 1 heterocycles. The molecule has 5 nitrogen and oxygen atoms in total. The third kappa shape index (κ3) is 4.65. The summed E-state index contributed by atoms with van der Waals surface area (Å²) in [5.74, 6) is -0.934. The van der Waals surface area contributed by atoms with E-state index in [1.54, 1.807) is 0 Å². The highest BCUT2D eigenvalue weighted by Gasteiger charge is 2.58. The van der Waals surface area contributed by atoms with Crippen molar-refractivity contribution in [3.05, 3.63) is 65.2 Å². The molecule has 34 heavy (non-hydrogen) atoms. The number of halogens is 2. The maximum atomic E-state index is 13.7. The van der Waals surface area contributed by atoms with Crippen LogP contribution in [0.2, 0.25) is 0 Å². The number of likely N-dealkylation sites (tertiary alicyclic amines) is 1. The number of benzene rings is 2. The Kier molecular flexibility index (Phi) is 6.26. The Morgan fingerprint density at radius 3 is 2.68 bits per heavy atom. The molecule has 0 spiro atoms. The molecule has 0 bridgehead atoms. The molecule has 3 fully saturated rings. The van der Waals surface area contributed by atoms with Crippen LogP contribution < -0.4 is 5.32 Å². The first kappa shape index (κ1) is 22.8. The van der Waals surface area contributed by atoms with Gasteiger partial charge in [-0.25, -0.2) is 13.6 Å². The minimum Gasteiger partial charge on any atom is -0.321 e. The number of nitrogens with zero attached hydrogens (tertiary/aromatic N) is 3. The van der Waals surface area contributed by atoms with E-state index in [4.69, 9.17) is 0 Å². The van der Waals surface area contributed by atoms with Gasteiger partial charge in [-0.2, -0.15) is 5.26 Å². The molecular formula is C27H30F2N4O. The summed E-state index contributed by atoms with van der Waals surface area (Å²) in [6.07, 6.45) is 5.95. The van der Waals surface area contributed by atoms with Crippen molar-refractivity contribution in [2.75, 3.05) is 31.5 Å². The van der Waals surface area contributed by atoms with Gasteiger partial charge in [-0.15, -0.1) is 0 Å². The van der Waals surface area contributed by atoms with Crippen molar-refractivity contribution in [3.63, 3.8) is 0 Å². The van der Waals surface area contributed by atoms with Gasteiger partial charge in [-0.3, -0.25) is 0 Å². The molecule has 1 unspecified atom stereocenters. The average molecular weight is 465 g/mol. The van der Waals surface area contributed by atoms with Crippen LogP contribution in [0.15, 0.2) is 42.5 Å². The SMILES string of the molecule is N#Cc1cccc([C@]23CC[C@@H](N(CCCN4CCC4)C(=O)Nc4cc(F)cc(F)c4)CC2C3)c1. The number of nitriles is 1. The number of carbonyl (C=O) groups is 1. The van der Waals surface area contributed by atoms with Crippen LogP contribution in [0.5, 0.6) is 0 Å². The van der Waals surface area contributed by atoms with Gasteiger partial charge in [0, 0.05) is 24.3 Å². The van der Waals surface area contributed by atoms with Gasteiger partial charge in [0.05, 0.1) is 11.6 Å². The Morgan fingerprint density at radius 1 is 1.21 bits per heavy atom. The molecule has 1 saturated heterocycles. The van der Waals surface area contributed by atoms with Crippen LogP contribution >= 0.6 is 0 Å². The number of hydrogen-bond donors (Lipinski definition) is 1. The molecule has 0 aromatic heterocycles. The number of hydrogen-bond acceptors (Lipinski definition) is 3. The second kappa shape index (κ2) is 9.34. The Bertz CT molecular complexity index is 1090. The Labute approximate surface area is 199 Å². The second-order valence-corrected chi connectivity index (χ2v) is 10.0. The first-order valence-electron chi connectivity index (χ1n) is 12.2. The van der Waals surface area contributed by atoms with Crippen molar-refractivity contribution in [1.29, 1.82) is 5.26 Å². The van der Waals surface area contributed by atoms with Crippen LogP contribution in [-0.4, -0.2) is 48.1 Å². The summed E-state index contributed by atoms with van der Waals surface area (Å²) in [4.78, 5) is 17.5. The van der Waals surface area contributed by atoms with E-state index < -0.39 is 11.6 Å². The lowest BCUT2D eigenvalue weighted by atomic mass is 9.80. The molecule has 2 amide bonds. The molecule has 5 rings (SSSR count). The van der Waals surface area contributed by atoms with Crippen molar-refractivity contribution in [2.24, 2.45) is 5.92 Å². The first-order chi connectivity index (χ1) is 16.5. The fourth-order valence-electron chi connectivity index (χ4n) is 5.89. The monoisotopic (exact) mass is 464 g/mol. The topological polar surface area (TPSA) is 59.4 Å². The van der Waals surface area contributed by atoms with E-state index in [9.17, 15) is 18.8 Å². The summed E-state index contributed by atoms with van der Waals surface area (Å²) in [5, 5.41) is 12.0. The van der Waals surface area contributed by atoms with Crippen molar-refractivity contribution >= 4 is 11.7 Å². The normalized spacial score (nSPS) is 25.6. The maximum Gasteiger partial charge on any atom is 0.322 e. The molecule has 1 aliphatic heterocycles. The van der Waals surface area contributed by atoms with E-state index in [-0.39, 0.29) is 23.2 Å². The largest absolute Gasteiger partial charge is 0.322 e. The smallest absolute Gasteiger partial charge is 0.321 e. The molecule has 2 aromatic rings. The third-order valence-corrected chi connectivity index (χ3v) is 7.92. The van der Waals surface area contributed by atoms with E-state index in [0.29, 0.717) is 18.0 Å². The van der Waals surface area contributed by atoms with Crippen LogP contribution in [-0.2, 0) is 5.41 Å². The van der Waals surface area contributed by atoms with Gasteiger partial charge in [0.15, 0.2) is 0 Å². The van der Waals surface area contributed by atoms with Gasteiger partial charge >= 0.3 is 6.03 Å². The zero-order chi connectivity index (χ0) is 23.7. The van der Waals surface area contributed by atoms with Crippen LogP contribution in [0.25, 0.3) is 0 Å². The molecule has 2 aromatic carbocycles. The molecule has 2 aliphatic carbocycles. The van der Waals surface area contributed by atoms with E-state index in [1.807, 2.05) is 23.1 Å². The zero-order valence-electron chi connectivity index (χ0n) is 19.3. The van der Waals surface area contributed by atoms with E-state index in [2.05, 4.69) is 22.4 Å². The number of carbonyl (C=O) groups excluding carboxylic acids is 1. The number of nitrogens with one attached hydrogen (secondary N) is 1. The summed E-state index contributed by atoms with van der Waals surface area (Å²) in [5.41, 5.74) is 2.18. The van der Waals surface area contributed by atoms with E-state index >= 15 is 0 Å². The number of fused-ring (bicyclic) bond motifs is 1. The van der Waals surface area contributed by atoms with Gasteiger partial charge in [0.2, 0.25) is 0 Å². The summed E-state index contributed by atoms with van der Waals surface area (Å²) in [6.45, 7) is 3.81. The lowest BCUT2D eigenvalue weighted by Crippen LogP contribution is -2.47.